The van der Waals surface area contributed by atoms with E-state index in [-0.39, 0.29) is 24.8 Å². The molecule has 0 aliphatic rings. The minimum absolute atomic E-state index is 0.0114. The summed E-state index contributed by atoms with van der Waals surface area (Å²) in [5.41, 5.74) is -0.816. The van der Waals surface area contributed by atoms with Gasteiger partial charge in [0.05, 0.1) is 25.4 Å². The summed E-state index contributed by atoms with van der Waals surface area (Å²) in [6, 6.07) is 9.84. The van der Waals surface area contributed by atoms with Crippen LogP contribution in [0.5, 0.6) is 11.6 Å². The van der Waals surface area contributed by atoms with E-state index in [1.165, 1.54) is 19.2 Å². The maximum absolute atomic E-state index is 13.6. The molecule has 0 bridgehead atoms. The first kappa shape index (κ1) is 21.1. The van der Waals surface area contributed by atoms with Crippen LogP contribution in [0.25, 0.3) is 5.82 Å². The van der Waals surface area contributed by atoms with Crippen LogP contribution in [0.1, 0.15) is 21.6 Å². The van der Waals surface area contributed by atoms with E-state index in [1.807, 2.05) is 19.1 Å². The quantitative estimate of drug-likeness (QED) is 0.590. The molecule has 8 nitrogen and oxygen atoms in total. The maximum Gasteiger partial charge on any atom is 0.434 e. The largest absolute Gasteiger partial charge is 0.492 e. The van der Waals surface area contributed by atoms with Gasteiger partial charge in [-0.15, -0.1) is 10.2 Å². The fourth-order valence-electron chi connectivity index (χ4n) is 2.56. The molecule has 0 saturated heterocycles. The van der Waals surface area contributed by atoms with Crippen LogP contribution in [0.15, 0.2) is 42.6 Å². The molecule has 158 valence electrons. The summed E-state index contributed by atoms with van der Waals surface area (Å²) in [5, 5.41) is 13.4. The Labute approximate surface area is 169 Å². The second kappa shape index (κ2) is 8.80. The van der Waals surface area contributed by atoms with E-state index >= 15 is 0 Å². The van der Waals surface area contributed by atoms with Crippen molar-refractivity contribution >= 4 is 5.91 Å². The van der Waals surface area contributed by atoms with E-state index in [0.717, 1.165) is 11.8 Å². The summed E-state index contributed by atoms with van der Waals surface area (Å²) in [5.74, 6) is -0.407. The first-order valence-corrected chi connectivity index (χ1v) is 8.80. The average molecular weight is 421 g/mol. The highest BCUT2D eigenvalue weighted by molar-refractivity contribution is 5.95. The Kier molecular flexibility index (Phi) is 6.19. The zero-order valence-electron chi connectivity index (χ0n) is 16.1. The van der Waals surface area contributed by atoms with Gasteiger partial charge >= 0.3 is 6.18 Å². The van der Waals surface area contributed by atoms with Crippen molar-refractivity contribution in [1.29, 1.82) is 0 Å². The number of amides is 1. The second-order valence-corrected chi connectivity index (χ2v) is 6.17. The van der Waals surface area contributed by atoms with Crippen molar-refractivity contribution in [3.63, 3.8) is 0 Å². The van der Waals surface area contributed by atoms with Gasteiger partial charge in [-0.3, -0.25) is 4.79 Å². The monoisotopic (exact) mass is 421 g/mol. The van der Waals surface area contributed by atoms with E-state index in [1.54, 1.807) is 12.1 Å². The number of benzene rings is 1. The van der Waals surface area contributed by atoms with E-state index in [0.29, 0.717) is 10.4 Å². The topological polar surface area (TPSA) is 91.2 Å². The number of hydrogen-bond acceptors (Lipinski definition) is 6. The van der Waals surface area contributed by atoms with Crippen molar-refractivity contribution in [2.45, 2.75) is 13.1 Å². The number of carbonyl (C=O) groups excluding carboxylic acids is 1. The number of hydrogen-bond donors (Lipinski definition) is 1. The Morgan fingerprint density at radius 3 is 2.47 bits per heavy atom. The molecule has 0 fully saturated rings. The van der Waals surface area contributed by atoms with Gasteiger partial charge in [-0.05, 0) is 25.1 Å². The van der Waals surface area contributed by atoms with Gasteiger partial charge in [0.25, 0.3) is 5.91 Å². The van der Waals surface area contributed by atoms with Crippen molar-refractivity contribution in [1.82, 2.24) is 25.3 Å². The SMILES string of the molecule is COc1ccc(-n2ncc(C(=O)NCCOc3ccc(C)cc3)c2C(F)(F)F)nn1. The van der Waals surface area contributed by atoms with Gasteiger partial charge in [-0.25, -0.2) is 4.68 Å². The molecule has 0 aliphatic heterocycles. The highest BCUT2D eigenvalue weighted by Gasteiger charge is 2.41. The van der Waals surface area contributed by atoms with Gasteiger partial charge in [-0.1, -0.05) is 17.7 Å². The smallest absolute Gasteiger partial charge is 0.434 e. The number of halogens is 3. The van der Waals surface area contributed by atoms with Crippen LogP contribution in [0.2, 0.25) is 0 Å². The Balaban J connectivity index is 1.71. The van der Waals surface area contributed by atoms with E-state index in [9.17, 15) is 18.0 Å². The third-order valence-corrected chi connectivity index (χ3v) is 4.01. The minimum Gasteiger partial charge on any atom is -0.492 e. The molecule has 11 heteroatoms. The number of rotatable bonds is 7. The zero-order valence-corrected chi connectivity index (χ0v) is 16.1. The van der Waals surface area contributed by atoms with Crippen molar-refractivity contribution in [3.8, 4) is 17.4 Å². The first-order chi connectivity index (χ1) is 14.3. The van der Waals surface area contributed by atoms with Gasteiger partial charge < -0.3 is 14.8 Å². The lowest BCUT2D eigenvalue weighted by atomic mass is 10.2. The zero-order chi connectivity index (χ0) is 21.7. The number of methoxy groups -OCH3 is 1. The van der Waals surface area contributed by atoms with Gasteiger partial charge in [0.1, 0.15) is 12.4 Å². The average Bonchev–Trinajstić information content (AvgIpc) is 3.18. The maximum atomic E-state index is 13.6. The third kappa shape index (κ3) is 4.85. The van der Waals surface area contributed by atoms with Crippen molar-refractivity contribution < 1.29 is 27.4 Å². The van der Waals surface area contributed by atoms with Crippen LogP contribution < -0.4 is 14.8 Å². The lowest BCUT2D eigenvalue weighted by molar-refractivity contribution is -0.143. The molecule has 3 rings (SSSR count). The summed E-state index contributed by atoms with van der Waals surface area (Å²) in [7, 11) is 1.35. The molecular formula is C19H18F3N5O3. The third-order valence-electron chi connectivity index (χ3n) is 4.01. The molecular weight excluding hydrogens is 403 g/mol. The Morgan fingerprint density at radius 2 is 1.87 bits per heavy atom. The van der Waals surface area contributed by atoms with Crippen molar-refractivity contribution in [2.24, 2.45) is 0 Å². The number of nitrogens with one attached hydrogen (secondary N) is 1. The molecule has 0 spiro atoms. The molecule has 2 aromatic heterocycles. The summed E-state index contributed by atoms with van der Waals surface area (Å²) in [6.07, 6.45) is -4.01. The summed E-state index contributed by atoms with van der Waals surface area (Å²) >= 11 is 0. The van der Waals surface area contributed by atoms with Crippen LogP contribution in [0.4, 0.5) is 13.2 Å². The molecule has 1 N–H and O–H groups in total. The lowest BCUT2D eigenvalue weighted by Crippen LogP contribution is -2.30. The predicted octanol–water partition coefficient (Wildman–Crippen LogP) is 2.81. The normalized spacial score (nSPS) is 11.2. The van der Waals surface area contributed by atoms with Gasteiger partial charge in [0, 0.05) is 6.07 Å². The highest BCUT2D eigenvalue weighted by Crippen LogP contribution is 2.33. The molecule has 1 amide bonds. The predicted molar refractivity (Wildman–Crippen MR) is 99.7 cm³/mol. The number of aryl methyl sites for hydroxylation is 1. The number of alkyl halides is 3. The lowest BCUT2D eigenvalue weighted by Gasteiger charge is -2.12. The van der Waals surface area contributed by atoms with Crippen molar-refractivity contribution in [3.05, 3.63) is 59.4 Å². The van der Waals surface area contributed by atoms with Crippen LogP contribution in [-0.2, 0) is 6.18 Å². The van der Waals surface area contributed by atoms with E-state index in [2.05, 4.69) is 20.6 Å². The van der Waals surface area contributed by atoms with Gasteiger partial charge in [0.15, 0.2) is 11.5 Å². The molecule has 0 radical (unpaired) electrons. The highest BCUT2D eigenvalue weighted by atomic mass is 19.4. The first-order valence-electron chi connectivity index (χ1n) is 8.80. The number of carbonyl (C=O) groups is 1. The molecule has 3 aromatic rings. The van der Waals surface area contributed by atoms with Crippen LogP contribution in [0, 0.1) is 6.92 Å². The Bertz CT molecular complexity index is 1000. The molecule has 2 heterocycles. The van der Waals surface area contributed by atoms with Crippen LogP contribution in [-0.4, -0.2) is 46.1 Å². The molecule has 0 aliphatic carbocycles. The number of aromatic nitrogens is 4. The Morgan fingerprint density at radius 1 is 1.13 bits per heavy atom. The fourth-order valence-corrected chi connectivity index (χ4v) is 2.56. The van der Waals surface area contributed by atoms with Gasteiger partial charge in [-0.2, -0.15) is 18.3 Å². The molecule has 0 saturated carbocycles. The molecule has 0 atom stereocenters. The number of nitrogens with zero attached hydrogens (tertiary/aromatic N) is 4. The summed E-state index contributed by atoms with van der Waals surface area (Å²) < 4.78 is 51.7. The van der Waals surface area contributed by atoms with Gasteiger partial charge in [0.2, 0.25) is 5.88 Å². The van der Waals surface area contributed by atoms with Crippen LogP contribution >= 0.6 is 0 Å². The van der Waals surface area contributed by atoms with E-state index in [4.69, 9.17) is 9.47 Å². The second-order valence-electron chi connectivity index (χ2n) is 6.17. The van der Waals surface area contributed by atoms with E-state index < -0.39 is 23.3 Å². The summed E-state index contributed by atoms with van der Waals surface area (Å²) in [6.45, 7) is 2.03. The van der Waals surface area contributed by atoms with Crippen LogP contribution in [0.3, 0.4) is 0 Å². The Hall–Kier alpha value is -3.63. The summed E-state index contributed by atoms with van der Waals surface area (Å²) in [4.78, 5) is 12.3. The molecule has 30 heavy (non-hydrogen) atoms. The standard InChI is InChI=1S/C19H18F3N5O3/c1-12-3-5-13(6-4-12)30-10-9-23-18(28)14-11-24-27(17(14)19(20,21)22)15-7-8-16(29-2)26-25-15/h3-8,11H,9-10H2,1-2H3,(H,23,28). The fraction of sp³-hybridized carbons (Fsp3) is 0.263. The minimum atomic E-state index is -4.84. The molecule has 1 aromatic carbocycles. The van der Waals surface area contributed by atoms with Crippen molar-refractivity contribution in [2.75, 3.05) is 20.3 Å². The number of ether oxygens (including phenoxy) is 2. The molecule has 0 unspecified atom stereocenters.